The number of nitrogens with one attached hydrogen (secondary N) is 1. The van der Waals surface area contributed by atoms with Gasteiger partial charge >= 0.3 is 5.97 Å². The monoisotopic (exact) mass is 708 g/mol. The van der Waals surface area contributed by atoms with Gasteiger partial charge in [-0.05, 0) is 118 Å². The molecule has 0 atom stereocenters. The fourth-order valence-corrected chi connectivity index (χ4v) is 4.26. The van der Waals surface area contributed by atoms with E-state index in [0.717, 1.165) is 12.7 Å². The molecule has 9 heteroatoms. The molecule has 0 aliphatic rings. The lowest BCUT2D eigenvalue weighted by molar-refractivity contribution is -0.112. The summed E-state index contributed by atoms with van der Waals surface area (Å²) in [6.07, 6.45) is 1.48. The second-order valence-electron chi connectivity index (χ2n) is 7.37. The third-order valence-corrected chi connectivity index (χ3v) is 6.40. The van der Waals surface area contributed by atoms with Gasteiger partial charge in [-0.1, -0.05) is 12.1 Å². The van der Waals surface area contributed by atoms with Gasteiger partial charge in [0.15, 0.2) is 11.5 Å². The van der Waals surface area contributed by atoms with Crippen molar-refractivity contribution in [3.8, 4) is 17.6 Å². The molecule has 0 saturated heterocycles. The molecule has 0 aliphatic carbocycles. The molecule has 0 bridgehead atoms. The standard InChI is InChI=1S/C27H22I2N2O5/c1-3-35-27(33)19-6-10-22(11-7-19)31-26(32)20(15-30)12-18-13-23(29)25(24(14-18)34-2)36-16-17-4-8-21(28)9-5-17/h4-14H,3,16H2,1-2H3,(H,31,32)/b20-12+. The summed E-state index contributed by atoms with van der Waals surface area (Å²) in [4.78, 5) is 24.5. The second-order valence-corrected chi connectivity index (χ2v) is 9.78. The number of hydrogen-bond donors (Lipinski definition) is 1. The Labute approximate surface area is 236 Å². The molecule has 1 amide bonds. The number of anilines is 1. The van der Waals surface area contributed by atoms with Crippen LogP contribution in [0.25, 0.3) is 6.08 Å². The SMILES string of the molecule is CCOC(=O)c1ccc(NC(=O)/C(C#N)=C/c2cc(I)c(OCc3ccc(I)cc3)c(OC)c2)cc1. The van der Waals surface area contributed by atoms with Gasteiger partial charge in [0, 0.05) is 9.26 Å². The van der Waals surface area contributed by atoms with Crippen molar-refractivity contribution in [1.29, 1.82) is 5.26 Å². The fourth-order valence-electron chi connectivity index (χ4n) is 3.12. The van der Waals surface area contributed by atoms with Crippen LogP contribution < -0.4 is 14.8 Å². The van der Waals surface area contributed by atoms with Crippen molar-refractivity contribution in [1.82, 2.24) is 0 Å². The lowest BCUT2D eigenvalue weighted by Gasteiger charge is -2.14. The molecule has 3 rings (SSSR count). The number of esters is 1. The Balaban J connectivity index is 1.75. The van der Waals surface area contributed by atoms with Crippen molar-refractivity contribution in [2.45, 2.75) is 13.5 Å². The van der Waals surface area contributed by atoms with Crippen molar-refractivity contribution in [2.75, 3.05) is 19.0 Å². The predicted octanol–water partition coefficient (Wildman–Crippen LogP) is 6.21. The van der Waals surface area contributed by atoms with Crippen LogP contribution in [-0.2, 0) is 16.1 Å². The number of nitrogens with zero attached hydrogens (tertiary/aromatic N) is 1. The summed E-state index contributed by atoms with van der Waals surface area (Å²) in [5.41, 5.74) is 2.37. The minimum atomic E-state index is -0.575. The Morgan fingerprint density at radius 1 is 1.06 bits per heavy atom. The number of rotatable bonds is 9. The maximum atomic E-state index is 12.7. The molecule has 0 heterocycles. The van der Waals surface area contributed by atoms with Crippen LogP contribution in [0.15, 0.2) is 66.2 Å². The number of hydrogen-bond acceptors (Lipinski definition) is 6. The molecule has 36 heavy (non-hydrogen) atoms. The van der Waals surface area contributed by atoms with Crippen molar-refractivity contribution in [3.05, 3.63) is 90.1 Å². The first-order valence-corrected chi connectivity index (χ1v) is 13.0. The number of methoxy groups -OCH3 is 1. The van der Waals surface area contributed by atoms with Crippen LogP contribution >= 0.6 is 45.2 Å². The Kier molecular flexibility index (Phi) is 10.1. The zero-order valence-corrected chi connectivity index (χ0v) is 23.8. The molecule has 3 aromatic rings. The summed E-state index contributed by atoms with van der Waals surface area (Å²) in [7, 11) is 1.54. The first-order valence-electron chi connectivity index (χ1n) is 10.8. The zero-order chi connectivity index (χ0) is 26.1. The van der Waals surface area contributed by atoms with Gasteiger partial charge in [0.25, 0.3) is 5.91 Å². The minimum Gasteiger partial charge on any atom is -0.493 e. The minimum absolute atomic E-state index is 0.0881. The highest BCUT2D eigenvalue weighted by molar-refractivity contribution is 14.1. The molecule has 0 unspecified atom stereocenters. The van der Waals surface area contributed by atoms with Gasteiger partial charge in [0.2, 0.25) is 0 Å². The van der Waals surface area contributed by atoms with Crippen LogP contribution in [0.3, 0.4) is 0 Å². The maximum Gasteiger partial charge on any atom is 0.338 e. The average molecular weight is 708 g/mol. The molecule has 0 aromatic heterocycles. The zero-order valence-electron chi connectivity index (χ0n) is 19.5. The number of halogens is 2. The largest absolute Gasteiger partial charge is 0.493 e. The van der Waals surface area contributed by atoms with Crippen LogP contribution in [0.2, 0.25) is 0 Å². The van der Waals surface area contributed by atoms with E-state index in [0.29, 0.717) is 34.9 Å². The molecular formula is C27H22I2N2O5. The van der Waals surface area contributed by atoms with Crippen LogP contribution in [-0.4, -0.2) is 25.6 Å². The van der Waals surface area contributed by atoms with Gasteiger partial charge in [0.1, 0.15) is 18.2 Å². The van der Waals surface area contributed by atoms with E-state index in [1.54, 1.807) is 37.3 Å². The molecule has 0 spiro atoms. The topological polar surface area (TPSA) is 97.7 Å². The van der Waals surface area contributed by atoms with E-state index >= 15 is 0 Å². The number of carbonyl (C=O) groups is 2. The molecule has 0 aliphatic heterocycles. The summed E-state index contributed by atoms with van der Waals surface area (Å²) in [6.45, 7) is 2.38. The van der Waals surface area contributed by atoms with Crippen LogP contribution in [0.5, 0.6) is 11.5 Å². The number of benzene rings is 3. The third-order valence-electron chi connectivity index (χ3n) is 4.88. The van der Waals surface area contributed by atoms with Gasteiger partial charge in [-0.25, -0.2) is 4.79 Å². The molecule has 1 N–H and O–H groups in total. The van der Waals surface area contributed by atoms with Gasteiger partial charge in [-0.3, -0.25) is 4.79 Å². The van der Waals surface area contributed by atoms with Crippen molar-refractivity contribution < 1.29 is 23.8 Å². The smallest absolute Gasteiger partial charge is 0.338 e. The molecule has 7 nitrogen and oxygen atoms in total. The van der Waals surface area contributed by atoms with Crippen LogP contribution in [0.4, 0.5) is 5.69 Å². The quantitative estimate of drug-likeness (QED) is 0.123. The summed E-state index contributed by atoms with van der Waals surface area (Å²) in [5.74, 6) is 0.0567. The van der Waals surface area contributed by atoms with Crippen LogP contribution in [0.1, 0.15) is 28.4 Å². The first kappa shape index (κ1) is 27.5. The Hall–Kier alpha value is -3.11. The van der Waals surface area contributed by atoms with E-state index in [-0.39, 0.29) is 12.2 Å². The number of carbonyl (C=O) groups excluding carboxylic acids is 2. The number of amides is 1. The Morgan fingerprint density at radius 2 is 1.75 bits per heavy atom. The van der Waals surface area contributed by atoms with Gasteiger partial charge in [0.05, 0.1) is 22.9 Å². The number of ether oxygens (including phenoxy) is 3. The van der Waals surface area contributed by atoms with E-state index < -0.39 is 11.9 Å². The molecular weight excluding hydrogens is 686 g/mol. The highest BCUT2D eigenvalue weighted by Crippen LogP contribution is 2.35. The second kappa shape index (κ2) is 13.3. The highest BCUT2D eigenvalue weighted by atomic mass is 127. The summed E-state index contributed by atoms with van der Waals surface area (Å²) < 4.78 is 18.4. The molecule has 3 aromatic carbocycles. The predicted molar refractivity (Wildman–Crippen MR) is 154 cm³/mol. The highest BCUT2D eigenvalue weighted by Gasteiger charge is 2.15. The lowest BCUT2D eigenvalue weighted by atomic mass is 10.1. The number of nitriles is 1. The normalized spacial score (nSPS) is 10.8. The van der Waals surface area contributed by atoms with Gasteiger partial charge in [-0.15, -0.1) is 0 Å². The fraction of sp³-hybridized carbons (Fsp3) is 0.148. The average Bonchev–Trinajstić information content (AvgIpc) is 2.87. The first-order chi connectivity index (χ1) is 17.3. The lowest BCUT2D eigenvalue weighted by Crippen LogP contribution is -2.13. The Morgan fingerprint density at radius 3 is 2.36 bits per heavy atom. The maximum absolute atomic E-state index is 12.7. The van der Waals surface area contributed by atoms with Gasteiger partial charge < -0.3 is 19.5 Å². The van der Waals surface area contributed by atoms with E-state index in [2.05, 4.69) is 50.5 Å². The molecule has 0 fully saturated rings. The molecule has 0 radical (unpaired) electrons. The van der Waals surface area contributed by atoms with Crippen molar-refractivity contribution in [3.63, 3.8) is 0 Å². The molecule has 0 saturated carbocycles. The van der Waals surface area contributed by atoms with E-state index in [1.165, 1.54) is 13.2 Å². The van der Waals surface area contributed by atoms with Crippen molar-refractivity contribution >= 4 is 68.8 Å². The third kappa shape index (κ3) is 7.44. The molecule has 184 valence electrons. The van der Waals surface area contributed by atoms with E-state index in [4.69, 9.17) is 14.2 Å². The summed E-state index contributed by atoms with van der Waals surface area (Å²) in [6, 6.07) is 19.7. The van der Waals surface area contributed by atoms with Gasteiger partial charge in [-0.2, -0.15) is 5.26 Å². The Bertz CT molecular complexity index is 1310. The summed E-state index contributed by atoms with van der Waals surface area (Å²) in [5, 5.41) is 12.3. The van der Waals surface area contributed by atoms with E-state index in [1.807, 2.05) is 36.4 Å². The van der Waals surface area contributed by atoms with Crippen molar-refractivity contribution in [2.24, 2.45) is 0 Å². The van der Waals surface area contributed by atoms with Crippen LogP contribution in [0, 0.1) is 18.5 Å². The van der Waals surface area contributed by atoms with E-state index in [9.17, 15) is 14.9 Å². The summed E-state index contributed by atoms with van der Waals surface area (Å²) >= 11 is 4.39.